The van der Waals surface area contributed by atoms with Crippen molar-refractivity contribution in [3.63, 3.8) is 0 Å². The number of imidazole rings is 2. The molecule has 0 radical (unpaired) electrons. The summed E-state index contributed by atoms with van der Waals surface area (Å²) in [5.74, 6) is -2.43. The number of aromatic amines is 1. The molecule has 0 unspecified atom stereocenters. The van der Waals surface area contributed by atoms with Gasteiger partial charge in [0.15, 0.2) is 17.2 Å². The van der Waals surface area contributed by atoms with Crippen molar-refractivity contribution in [1.82, 2.24) is 29.1 Å². The molecule has 6 rings (SSSR count). The Balaban J connectivity index is 1.33. The summed E-state index contributed by atoms with van der Waals surface area (Å²) in [5.41, 5.74) is 2.02. The lowest BCUT2D eigenvalue weighted by atomic mass is 10.0. The summed E-state index contributed by atoms with van der Waals surface area (Å²) in [4.78, 5) is 28.0. The highest BCUT2D eigenvalue weighted by Gasteiger charge is 2.39. The Kier molecular flexibility index (Phi) is 5.27. The third-order valence-corrected chi connectivity index (χ3v) is 6.63. The van der Waals surface area contributed by atoms with Crippen LogP contribution in [0.4, 0.5) is 22.0 Å². The minimum absolute atomic E-state index is 0.120. The van der Waals surface area contributed by atoms with E-state index in [1.165, 1.54) is 22.4 Å². The van der Waals surface area contributed by atoms with E-state index in [0.717, 1.165) is 6.20 Å². The summed E-state index contributed by atoms with van der Waals surface area (Å²) < 4.78 is 69.9. The molecular weight excluding hydrogens is 507 g/mol. The van der Waals surface area contributed by atoms with Gasteiger partial charge in [-0.2, -0.15) is 13.2 Å². The summed E-state index contributed by atoms with van der Waals surface area (Å²) in [6.45, 7) is 0.120. The molecule has 0 fully saturated rings. The van der Waals surface area contributed by atoms with Crippen LogP contribution < -0.4 is 5.69 Å². The smallest absolute Gasteiger partial charge is 0.333 e. The average molecular weight is 526 g/mol. The number of hydrogen-bond donors (Lipinski definition) is 1. The molecule has 0 saturated carbocycles. The molecule has 1 aliphatic rings. The van der Waals surface area contributed by atoms with Crippen LogP contribution in [0.5, 0.6) is 0 Å². The second-order valence-electron chi connectivity index (χ2n) is 9.36. The van der Waals surface area contributed by atoms with E-state index in [0.29, 0.717) is 39.0 Å². The molecule has 0 spiro atoms. The number of nitrogens with one attached hydrogen (secondary N) is 1. The van der Waals surface area contributed by atoms with E-state index in [1.807, 2.05) is 0 Å². The molecular formula is C26H19F5N6O. The maximum atomic E-state index is 14.1. The number of aromatic nitrogens is 6. The van der Waals surface area contributed by atoms with Crippen LogP contribution in [0, 0.1) is 0 Å². The zero-order valence-electron chi connectivity index (χ0n) is 19.9. The Labute approximate surface area is 211 Å². The van der Waals surface area contributed by atoms with Crippen molar-refractivity contribution in [2.75, 3.05) is 0 Å². The number of hydrogen-bond acceptors (Lipinski definition) is 4. The summed E-state index contributed by atoms with van der Waals surface area (Å²) in [6.07, 6.45) is -2.90. The molecule has 0 aliphatic heterocycles. The lowest BCUT2D eigenvalue weighted by Gasteiger charge is -2.09. The minimum Gasteiger partial charge on any atom is -0.333 e. The van der Waals surface area contributed by atoms with E-state index in [9.17, 15) is 26.7 Å². The van der Waals surface area contributed by atoms with Gasteiger partial charge in [-0.3, -0.25) is 4.57 Å². The number of nitrogens with zero attached hydrogens (tertiary/aromatic N) is 5. The first-order valence-electron chi connectivity index (χ1n) is 11.6. The molecule has 2 aromatic carbocycles. The van der Waals surface area contributed by atoms with Gasteiger partial charge in [-0.25, -0.2) is 28.5 Å². The third kappa shape index (κ3) is 4.15. The number of halogens is 5. The van der Waals surface area contributed by atoms with Crippen LogP contribution in [-0.2, 0) is 32.6 Å². The molecule has 3 aromatic heterocycles. The lowest BCUT2D eigenvalue weighted by molar-refractivity contribution is -0.140. The van der Waals surface area contributed by atoms with Gasteiger partial charge in [-0.1, -0.05) is 42.5 Å². The summed E-state index contributed by atoms with van der Waals surface area (Å²) in [5, 5.41) is 0. The van der Waals surface area contributed by atoms with Crippen LogP contribution in [0.2, 0.25) is 0 Å². The first-order valence-corrected chi connectivity index (χ1v) is 11.6. The van der Waals surface area contributed by atoms with Crippen molar-refractivity contribution in [1.29, 1.82) is 0 Å². The first-order chi connectivity index (χ1) is 18.0. The van der Waals surface area contributed by atoms with Gasteiger partial charge >= 0.3 is 11.9 Å². The van der Waals surface area contributed by atoms with Crippen LogP contribution in [-0.4, -0.2) is 35.0 Å². The monoisotopic (exact) mass is 526 g/mol. The topological polar surface area (TPSA) is 81.4 Å². The molecule has 1 aliphatic carbocycles. The molecule has 5 aromatic rings. The van der Waals surface area contributed by atoms with Gasteiger partial charge < -0.3 is 9.55 Å². The van der Waals surface area contributed by atoms with Gasteiger partial charge in [0, 0.05) is 37.2 Å². The Bertz CT molecular complexity index is 1750. The number of fused-ring (bicyclic) bond motifs is 2. The van der Waals surface area contributed by atoms with Gasteiger partial charge in [0.1, 0.15) is 11.3 Å². The highest BCUT2D eigenvalue weighted by molar-refractivity contribution is 5.74. The van der Waals surface area contributed by atoms with Crippen molar-refractivity contribution >= 4 is 11.2 Å². The largest absolute Gasteiger partial charge is 0.434 e. The standard InChI is InChI=1S/C26H19F5N6O/c1-36-13-20(26(29,30)31)34-22(36)15-7-5-14(6-8-15)12-37-23-19(33-24(37)38)11-32-21(35-23)17-4-2-3-16-9-25(27,28)10-18(16)17/h2-8,11,13H,9-10,12H2,1H3,(H,33,38). The Morgan fingerprint density at radius 2 is 1.82 bits per heavy atom. The lowest BCUT2D eigenvalue weighted by Crippen LogP contribution is -2.17. The number of alkyl halides is 5. The van der Waals surface area contributed by atoms with Gasteiger partial charge in [0.05, 0.1) is 12.7 Å². The van der Waals surface area contributed by atoms with Gasteiger partial charge in [0.2, 0.25) is 0 Å². The highest BCUT2D eigenvalue weighted by atomic mass is 19.4. The molecule has 194 valence electrons. The Morgan fingerprint density at radius 1 is 1.05 bits per heavy atom. The number of rotatable bonds is 4. The average Bonchev–Trinajstić information content (AvgIpc) is 3.50. The van der Waals surface area contributed by atoms with Crippen molar-refractivity contribution in [2.45, 2.75) is 31.5 Å². The van der Waals surface area contributed by atoms with Crippen molar-refractivity contribution < 1.29 is 22.0 Å². The van der Waals surface area contributed by atoms with Crippen LogP contribution in [0.25, 0.3) is 33.9 Å². The minimum atomic E-state index is -4.55. The van der Waals surface area contributed by atoms with E-state index in [2.05, 4.69) is 19.9 Å². The highest BCUT2D eigenvalue weighted by Crippen LogP contribution is 2.39. The van der Waals surface area contributed by atoms with E-state index in [1.54, 1.807) is 42.5 Å². The molecule has 12 heteroatoms. The maximum absolute atomic E-state index is 14.1. The van der Waals surface area contributed by atoms with E-state index in [4.69, 9.17) is 0 Å². The Morgan fingerprint density at radius 3 is 2.53 bits per heavy atom. The maximum Gasteiger partial charge on any atom is 0.434 e. The summed E-state index contributed by atoms with van der Waals surface area (Å²) in [7, 11) is 1.48. The zero-order valence-corrected chi connectivity index (χ0v) is 19.9. The summed E-state index contributed by atoms with van der Waals surface area (Å²) in [6, 6.07) is 11.7. The third-order valence-electron chi connectivity index (χ3n) is 6.63. The predicted octanol–water partition coefficient (Wildman–Crippen LogP) is 4.99. The first kappa shape index (κ1) is 24.0. The quantitative estimate of drug-likeness (QED) is 0.335. The Hall–Kier alpha value is -4.35. The number of H-pyrrole nitrogens is 1. The second-order valence-corrected chi connectivity index (χ2v) is 9.36. The van der Waals surface area contributed by atoms with E-state index < -0.39 is 29.9 Å². The number of aryl methyl sites for hydroxylation is 1. The fourth-order valence-corrected chi connectivity index (χ4v) is 4.85. The van der Waals surface area contributed by atoms with Crippen LogP contribution in [0.3, 0.4) is 0 Å². The van der Waals surface area contributed by atoms with Crippen molar-refractivity contribution in [2.24, 2.45) is 7.05 Å². The normalized spacial score (nSPS) is 14.8. The van der Waals surface area contributed by atoms with Crippen LogP contribution in [0.15, 0.2) is 59.7 Å². The second kappa shape index (κ2) is 8.33. The zero-order chi connectivity index (χ0) is 26.8. The van der Waals surface area contributed by atoms with E-state index in [-0.39, 0.29) is 24.6 Å². The van der Waals surface area contributed by atoms with Crippen molar-refractivity contribution in [3.05, 3.63) is 87.7 Å². The molecule has 1 N–H and O–H groups in total. The van der Waals surface area contributed by atoms with Gasteiger partial charge in [-0.05, 0) is 16.7 Å². The fraction of sp³-hybridized carbons (Fsp3) is 0.231. The SMILES string of the molecule is Cn1cc(C(F)(F)F)nc1-c1ccc(Cn2c(=O)[nH]c3cnc(-c4cccc5c4CC(F)(F)C5)nc32)cc1. The predicted molar refractivity (Wildman–Crippen MR) is 129 cm³/mol. The molecule has 0 atom stereocenters. The molecule has 0 saturated heterocycles. The molecule has 0 amide bonds. The van der Waals surface area contributed by atoms with Crippen LogP contribution >= 0.6 is 0 Å². The van der Waals surface area contributed by atoms with E-state index >= 15 is 0 Å². The molecule has 3 heterocycles. The van der Waals surface area contributed by atoms with Gasteiger partial charge in [0.25, 0.3) is 5.92 Å². The fourth-order valence-electron chi connectivity index (χ4n) is 4.85. The van der Waals surface area contributed by atoms with Crippen molar-refractivity contribution in [3.8, 4) is 22.8 Å². The molecule has 7 nitrogen and oxygen atoms in total. The van der Waals surface area contributed by atoms with Gasteiger partial charge in [-0.15, -0.1) is 0 Å². The van der Waals surface area contributed by atoms with Crippen LogP contribution in [0.1, 0.15) is 22.4 Å². The molecule has 38 heavy (non-hydrogen) atoms. The molecule has 0 bridgehead atoms. The summed E-state index contributed by atoms with van der Waals surface area (Å²) >= 11 is 0. The number of benzene rings is 2.